The van der Waals surface area contributed by atoms with E-state index in [0.29, 0.717) is 0 Å². The molecule has 0 aromatic heterocycles. The van der Waals surface area contributed by atoms with E-state index in [0.717, 1.165) is 25.9 Å². The summed E-state index contributed by atoms with van der Waals surface area (Å²) in [5.74, 6) is 0. The fourth-order valence-electron chi connectivity index (χ4n) is 3.23. The van der Waals surface area contributed by atoms with Gasteiger partial charge in [0.15, 0.2) is 0 Å². The van der Waals surface area contributed by atoms with Crippen LogP contribution in [0.1, 0.15) is 44.1 Å². The van der Waals surface area contributed by atoms with Crippen molar-refractivity contribution in [2.24, 2.45) is 5.41 Å². The minimum Gasteiger partial charge on any atom is -0.303 e. The van der Waals surface area contributed by atoms with Crippen molar-refractivity contribution in [2.45, 2.75) is 45.1 Å². The van der Waals surface area contributed by atoms with Gasteiger partial charge in [-0.3, -0.25) is 0 Å². The Morgan fingerprint density at radius 2 is 1.74 bits per heavy atom. The molecule has 0 radical (unpaired) electrons. The number of hydrogen-bond acceptors (Lipinski definition) is 2. The van der Waals surface area contributed by atoms with Gasteiger partial charge in [-0.05, 0) is 25.5 Å². The van der Waals surface area contributed by atoms with E-state index in [1.807, 2.05) is 6.07 Å². The van der Waals surface area contributed by atoms with Crippen LogP contribution in [0.5, 0.6) is 0 Å². The molecule has 0 spiro atoms. The van der Waals surface area contributed by atoms with Crippen molar-refractivity contribution in [2.75, 3.05) is 13.6 Å². The smallest absolute Gasteiger partial charge is 0.127 e. The van der Waals surface area contributed by atoms with Crippen LogP contribution in [-0.2, 0) is 11.3 Å². The normalized spacial score (nSPS) is 19.1. The Balaban J connectivity index is 1.95. The highest BCUT2D eigenvalue weighted by molar-refractivity contribution is 5.59. The molecule has 1 aliphatic carbocycles. The quantitative estimate of drug-likeness (QED) is 0.594. The summed E-state index contributed by atoms with van der Waals surface area (Å²) in [5, 5.41) is 0. The first-order valence-corrected chi connectivity index (χ1v) is 7.43. The van der Waals surface area contributed by atoms with Crippen molar-refractivity contribution >= 4 is 6.29 Å². The molecule has 0 unspecified atom stereocenters. The number of nitrogens with zero attached hydrogens (tertiary/aromatic N) is 1. The second-order valence-corrected chi connectivity index (χ2v) is 6.05. The Morgan fingerprint density at radius 1 is 1.11 bits per heavy atom. The predicted molar refractivity (Wildman–Crippen MR) is 79.0 cm³/mol. The van der Waals surface area contributed by atoms with Gasteiger partial charge in [-0.1, -0.05) is 56.0 Å². The number of aldehydes is 1. The Labute approximate surface area is 116 Å². The first-order chi connectivity index (χ1) is 9.24. The summed E-state index contributed by atoms with van der Waals surface area (Å²) in [6.45, 7) is 1.82. The van der Waals surface area contributed by atoms with E-state index < -0.39 is 0 Å². The van der Waals surface area contributed by atoms with E-state index in [9.17, 15) is 4.79 Å². The van der Waals surface area contributed by atoms with Gasteiger partial charge >= 0.3 is 0 Å². The van der Waals surface area contributed by atoms with Gasteiger partial charge in [0.2, 0.25) is 0 Å². The van der Waals surface area contributed by atoms with E-state index in [2.05, 4.69) is 36.2 Å². The largest absolute Gasteiger partial charge is 0.303 e. The van der Waals surface area contributed by atoms with Crippen LogP contribution in [0.4, 0.5) is 0 Å². The standard InChI is InChI=1S/C17H25NO/c1-18(13-16-9-5-4-6-10-16)14-17(15-19)11-7-2-3-8-12-17/h4-6,9-10,15H,2-3,7-8,11-14H2,1H3. The predicted octanol–water partition coefficient (Wildman–Crippen LogP) is 3.66. The maximum absolute atomic E-state index is 11.6. The summed E-state index contributed by atoms with van der Waals surface area (Å²) < 4.78 is 0. The fourth-order valence-corrected chi connectivity index (χ4v) is 3.23. The van der Waals surface area contributed by atoms with Crippen LogP contribution in [0.3, 0.4) is 0 Å². The van der Waals surface area contributed by atoms with Crippen molar-refractivity contribution in [1.29, 1.82) is 0 Å². The van der Waals surface area contributed by atoms with E-state index in [4.69, 9.17) is 0 Å². The van der Waals surface area contributed by atoms with Crippen molar-refractivity contribution in [3.05, 3.63) is 35.9 Å². The van der Waals surface area contributed by atoms with Crippen LogP contribution < -0.4 is 0 Å². The average molecular weight is 259 g/mol. The summed E-state index contributed by atoms with van der Waals surface area (Å²) in [4.78, 5) is 13.9. The molecule has 2 rings (SSSR count). The topological polar surface area (TPSA) is 20.3 Å². The van der Waals surface area contributed by atoms with Gasteiger partial charge in [-0.2, -0.15) is 0 Å². The molecule has 0 aliphatic heterocycles. The zero-order chi connectivity index (χ0) is 13.6. The molecule has 1 aliphatic rings. The Bertz CT molecular complexity index is 380. The van der Waals surface area contributed by atoms with E-state index in [1.165, 1.54) is 37.5 Å². The van der Waals surface area contributed by atoms with Gasteiger partial charge < -0.3 is 9.69 Å². The minimum absolute atomic E-state index is 0.0972. The van der Waals surface area contributed by atoms with Gasteiger partial charge in [-0.25, -0.2) is 0 Å². The number of rotatable bonds is 5. The van der Waals surface area contributed by atoms with Crippen molar-refractivity contribution in [1.82, 2.24) is 4.90 Å². The fraction of sp³-hybridized carbons (Fsp3) is 0.588. The van der Waals surface area contributed by atoms with Crippen LogP contribution in [0.15, 0.2) is 30.3 Å². The number of benzene rings is 1. The van der Waals surface area contributed by atoms with E-state index in [-0.39, 0.29) is 5.41 Å². The molecule has 0 saturated heterocycles. The molecule has 0 bridgehead atoms. The molecule has 104 valence electrons. The van der Waals surface area contributed by atoms with Gasteiger partial charge in [0, 0.05) is 18.5 Å². The van der Waals surface area contributed by atoms with E-state index in [1.54, 1.807) is 0 Å². The highest BCUT2D eigenvalue weighted by Crippen LogP contribution is 2.34. The molecule has 0 atom stereocenters. The monoisotopic (exact) mass is 259 g/mol. The molecule has 1 aromatic carbocycles. The zero-order valence-corrected chi connectivity index (χ0v) is 12.0. The second kappa shape index (κ2) is 6.85. The van der Waals surface area contributed by atoms with E-state index >= 15 is 0 Å². The lowest BCUT2D eigenvalue weighted by Crippen LogP contribution is -2.36. The lowest BCUT2D eigenvalue weighted by molar-refractivity contribution is -0.118. The molecule has 2 heteroatoms. The van der Waals surface area contributed by atoms with Gasteiger partial charge in [0.05, 0.1) is 0 Å². The van der Waals surface area contributed by atoms with Gasteiger partial charge in [0.1, 0.15) is 6.29 Å². The molecular weight excluding hydrogens is 234 g/mol. The van der Waals surface area contributed by atoms with Crippen molar-refractivity contribution in [3.8, 4) is 0 Å². The number of hydrogen-bond donors (Lipinski definition) is 0. The molecule has 2 nitrogen and oxygen atoms in total. The molecule has 1 fully saturated rings. The van der Waals surface area contributed by atoms with Crippen LogP contribution in [0.2, 0.25) is 0 Å². The third-order valence-electron chi connectivity index (χ3n) is 4.23. The first kappa shape index (κ1) is 14.3. The lowest BCUT2D eigenvalue weighted by atomic mass is 9.81. The van der Waals surface area contributed by atoms with Crippen LogP contribution in [0.25, 0.3) is 0 Å². The summed E-state index contributed by atoms with van der Waals surface area (Å²) in [6, 6.07) is 10.5. The average Bonchev–Trinajstić information content (AvgIpc) is 2.66. The number of carbonyl (C=O) groups is 1. The third kappa shape index (κ3) is 4.17. The van der Waals surface area contributed by atoms with Crippen LogP contribution in [0, 0.1) is 5.41 Å². The van der Waals surface area contributed by atoms with Crippen LogP contribution >= 0.6 is 0 Å². The van der Waals surface area contributed by atoms with Crippen molar-refractivity contribution in [3.63, 3.8) is 0 Å². The second-order valence-electron chi connectivity index (χ2n) is 6.05. The highest BCUT2D eigenvalue weighted by atomic mass is 16.1. The molecule has 0 N–H and O–H groups in total. The SMILES string of the molecule is CN(Cc1ccccc1)CC1(C=O)CCCCCC1. The number of carbonyl (C=O) groups excluding carboxylic acids is 1. The first-order valence-electron chi connectivity index (χ1n) is 7.43. The molecule has 0 heterocycles. The third-order valence-corrected chi connectivity index (χ3v) is 4.23. The lowest BCUT2D eigenvalue weighted by Gasteiger charge is -2.31. The zero-order valence-electron chi connectivity index (χ0n) is 12.0. The summed E-state index contributed by atoms with van der Waals surface area (Å²) in [6.07, 6.45) is 8.36. The van der Waals surface area contributed by atoms with Crippen LogP contribution in [-0.4, -0.2) is 24.8 Å². The Hall–Kier alpha value is -1.15. The molecular formula is C17H25NO. The van der Waals surface area contributed by atoms with Crippen molar-refractivity contribution < 1.29 is 4.79 Å². The maximum Gasteiger partial charge on any atom is 0.127 e. The molecule has 1 saturated carbocycles. The Morgan fingerprint density at radius 3 is 2.32 bits per heavy atom. The molecule has 1 aromatic rings. The molecule has 0 amide bonds. The maximum atomic E-state index is 11.6. The summed E-state index contributed by atoms with van der Waals surface area (Å²) in [7, 11) is 2.13. The summed E-state index contributed by atoms with van der Waals surface area (Å²) >= 11 is 0. The summed E-state index contributed by atoms with van der Waals surface area (Å²) in [5.41, 5.74) is 1.22. The Kier molecular flexibility index (Phi) is 5.15. The van der Waals surface area contributed by atoms with Gasteiger partial charge in [-0.15, -0.1) is 0 Å². The van der Waals surface area contributed by atoms with Gasteiger partial charge in [0.25, 0.3) is 0 Å². The highest BCUT2D eigenvalue weighted by Gasteiger charge is 2.31. The molecule has 19 heavy (non-hydrogen) atoms. The minimum atomic E-state index is -0.0972.